The van der Waals surface area contributed by atoms with Crippen LogP contribution in [-0.4, -0.2) is 0 Å². The maximum atomic E-state index is 8.65. The van der Waals surface area contributed by atoms with Gasteiger partial charge in [-0.05, 0) is 30.0 Å². The van der Waals surface area contributed by atoms with Crippen molar-refractivity contribution >= 4 is 16.9 Å². The van der Waals surface area contributed by atoms with Gasteiger partial charge >= 0.3 is 0 Å². The number of allylic oxidation sites excluding steroid dienone is 5. The van der Waals surface area contributed by atoms with E-state index in [0.717, 1.165) is 5.57 Å². The number of hydrogen-bond donors (Lipinski definition) is 0. The molecule has 1 rings (SSSR count). The molecule has 0 aliphatic rings. The summed E-state index contributed by atoms with van der Waals surface area (Å²) in [5.41, 5.74) is 1.75. The van der Waals surface area contributed by atoms with E-state index < -0.39 is 0 Å². The van der Waals surface area contributed by atoms with Gasteiger partial charge in [-0.3, -0.25) is 0 Å². The first-order valence-electron chi connectivity index (χ1n) is 4.23. The lowest BCUT2D eigenvalue weighted by Gasteiger charge is -1.92. The summed E-state index contributed by atoms with van der Waals surface area (Å²) in [6.07, 6.45) is 5.27. The van der Waals surface area contributed by atoms with Gasteiger partial charge in [-0.2, -0.15) is 5.26 Å². The molecule has 0 aliphatic heterocycles. The van der Waals surface area contributed by atoms with Crippen molar-refractivity contribution in [2.75, 3.05) is 0 Å². The summed E-state index contributed by atoms with van der Waals surface area (Å²) in [7, 11) is 0. The van der Waals surface area contributed by atoms with Crippen LogP contribution in [-0.2, 0) is 0 Å². The standard InChI is InChI=1S/C12H11NS/c1-3-11(9-13)7-6-10(2)12-5-4-8-14-12/h3-8H,1H2,2H3/b10-6+,11-7+. The summed E-state index contributed by atoms with van der Waals surface area (Å²) in [6, 6.07) is 6.13. The first kappa shape index (κ1) is 10.5. The normalized spacial score (nSPS) is 12.3. The van der Waals surface area contributed by atoms with Gasteiger partial charge in [0.1, 0.15) is 0 Å². The summed E-state index contributed by atoms with van der Waals surface area (Å²) in [6.45, 7) is 5.58. The molecule has 0 unspecified atom stereocenters. The monoisotopic (exact) mass is 201 g/mol. The molecule has 0 atom stereocenters. The highest BCUT2D eigenvalue weighted by Gasteiger charge is 1.94. The smallest absolute Gasteiger partial charge is 0.0991 e. The summed E-state index contributed by atoms with van der Waals surface area (Å²) in [4.78, 5) is 1.22. The zero-order chi connectivity index (χ0) is 10.4. The fraction of sp³-hybridized carbons (Fsp3) is 0.0833. The molecular formula is C12H11NS. The van der Waals surface area contributed by atoms with Gasteiger partial charge in [0.05, 0.1) is 11.6 Å². The molecule has 2 heteroatoms. The second-order valence-electron chi connectivity index (χ2n) is 2.76. The third-order valence-corrected chi connectivity index (χ3v) is 2.78. The highest BCUT2D eigenvalue weighted by atomic mass is 32.1. The van der Waals surface area contributed by atoms with Crippen molar-refractivity contribution < 1.29 is 0 Å². The molecule has 0 aromatic carbocycles. The van der Waals surface area contributed by atoms with Crippen LogP contribution < -0.4 is 0 Å². The molecule has 0 amide bonds. The van der Waals surface area contributed by atoms with Crippen molar-refractivity contribution in [1.82, 2.24) is 0 Å². The van der Waals surface area contributed by atoms with E-state index in [9.17, 15) is 0 Å². The van der Waals surface area contributed by atoms with Crippen LogP contribution in [0.5, 0.6) is 0 Å². The number of nitriles is 1. The van der Waals surface area contributed by atoms with Crippen LogP contribution in [0.2, 0.25) is 0 Å². The molecule has 14 heavy (non-hydrogen) atoms. The predicted octanol–water partition coefficient (Wildman–Crippen LogP) is 3.79. The first-order chi connectivity index (χ1) is 6.77. The highest BCUT2D eigenvalue weighted by molar-refractivity contribution is 7.11. The number of nitrogens with zero attached hydrogens (tertiary/aromatic N) is 1. The third-order valence-electron chi connectivity index (χ3n) is 1.77. The molecule has 0 saturated carbocycles. The van der Waals surface area contributed by atoms with Crippen LogP contribution in [0.25, 0.3) is 5.57 Å². The maximum Gasteiger partial charge on any atom is 0.0991 e. The first-order valence-corrected chi connectivity index (χ1v) is 5.11. The number of hydrogen-bond acceptors (Lipinski definition) is 2. The molecule has 0 aliphatic carbocycles. The molecule has 0 fully saturated rings. The fourth-order valence-electron chi connectivity index (χ4n) is 0.951. The highest BCUT2D eigenvalue weighted by Crippen LogP contribution is 2.19. The Hall–Kier alpha value is -1.59. The fourth-order valence-corrected chi connectivity index (χ4v) is 1.67. The van der Waals surface area contributed by atoms with Crippen LogP contribution in [0.15, 0.2) is 47.9 Å². The van der Waals surface area contributed by atoms with E-state index in [1.807, 2.05) is 24.4 Å². The molecule has 0 bridgehead atoms. The zero-order valence-corrected chi connectivity index (χ0v) is 8.84. The van der Waals surface area contributed by atoms with Gasteiger partial charge in [-0.15, -0.1) is 11.3 Å². The zero-order valence-electron chi connectivity index (χ0n) is 8.03. The second kappa shape index (κ2) is 5.21. The van der Waals surface area contributed by atoms with Gasteiger partial charge in [0.25, 0.3) is 0 Å². The summed E-state index contributed by atoms with van der Waals surface area (Å²) in [5.74, 6) is 0. The number of thiophene rings is 1. The van der Waals surface area contributed by atoms with Crippen molar-refractivity contribution in [3.8, 4) is 6.07 Å². The minimum absolute atomic E-state index is 0.584. The molecule has 0 spiro atoms. The van der Waals surface area contributed by atoms with E-state index >= 15 is 0 Å². The van der Waals surface area contributed by atoms with E-state index in [0.29, 0.717) is 5.57 Å². The Bertz CT molecular complexity index is 402. The largest absolute Gasteiger partial charge is 0.192 e. The molecule has 0 radical (unpaired) electrons. The molecule has 70 valence electrons. The van der Waals surface area contributed by atoms with Crippen molar-refractivity contribution in [2.45, 2.75) is 6.92 Å². The van der Waals surface area contributed by atoms with E-state index in [-0.39, 0.29) is 0 Å². The summed E-state index contributed by atoms with van der Waals surface area (Å²) >= 11 is 1.69. The molecule has 1 nitrogen and oxygen atoms in total. The molecular weight excluding hydrogens is 190 g/mol. The van der Waals surface area contributed by atoms with Crippen molar-refractivity contribution in [2.24, 2.45) is 0 Å². The van der Waals surface area contributed by atoms with E-state index in [4.69, 9.17) is 5.26 Å². The number of rotatable bonds is 3. The van der Waals surface area contributed by atoms with Crippen LogP contribution >= 0.6 is 11.3 Å². The Kier molecular flexibility index (Phi) is 3.90. The maximum absolute atomic E-state index is 8.65. The van der Waals surface area contributed by atoms with Crippen LogP contribution in [0, 0.1) is 11.3 Å². The van der Waals surface area contributed by atoms with E-state index in [1.165, 1.54) is 4.88 Å². The Balaban J connectivity index is 2.86. The lowest BCUT2D eigenvalue weighted by Crippen LogP contribution is -1.72. The Morgan fingerprint density at radius 2 is 2.36 bits per heavy atom. The van der Waals surface area contributed by atoms with Crippen molar-refractivity contribution in [1.29, 1.82) is 5.26 Å². The summed E-state index contributed by atoms with van der Waals surface area (Å²) < 4.78 is 0. The topological polar surface area (TPSA) is 23.8 Å². The molecule has 0 N–H and O–H groups in total. The van der Waals surface area contributed by atoms with Gasteiger partial charge in [0.2, 0.25) is 0 Å². The van der Waals surface area contributed by atoms with Gasteiger partial charge < -0.3 is 0 Å². The quantitative estimate of drug-likeness (QED) is 0.539. The SMILES string of the molecule is C=C/C(C#N)=C\C=C(/C)c1cccs1. The van der Waals surface area contributed by atoms with E-state index in [2.05, 4.69) is 18.7 Å². The average molecular weight is 201 g/mol. The second-order valence-corrected chi connectivity index (χ2v) is 3.71. The lowest BCUT2D eigenvalue weighted by molar-refractivity contribution is 1.50. The molecule has 1 aromatic heterocycles. The van der Waals surface area contributed by atoms with Gasteiger partial charge in [0, 0.05) is 4.88 Å². The van der Waals surface area contributed by atoms with Crippen LogP contribution in [0.4, 0.5) is 0 Å². The third kappa shape index (κ3) is 2.72. The van der Waals surface area contributed by atoms with Gasteiger partial charge in [0.15, 0.2) is 0 Å². The predicted molar refractivity (Wildman–Crippen MR) is 61.9 cm³/mol. The minimum Gasteiger partial charge on any atom is -0.192 e. The Morgan fingerprint density at radius 1 is 1.57 bits per heavy atom. The van der Waals surface area contributed by atoms with E-state index in [1.54, 1.807) is 23.5 Å². The average Bonchev–Trinajstić information content (AvgIpc) is 2.72. The summed E-state index contributed by atoms with van der Waals surface area (Å²) in [5, 5.41) is 10.7. The minimum atomic E-state index is 0.584. The van der Waals surface area contributed by atoms with Crippen LogP contribution in [0.3, 0.4) is 0 Å². The molecule has 1 heterocycles. The Labute approximate surface area is 88.3 Å². The molecule has 1 aromatic rings. The van der Waals surface area contributed by atoms with Gasteiger partial charge in [-0.1, -0.05) is 24.8 Å². The molecule has 0 saturated heterocycles. The van der Waals surface area contributed by atoms with Crippen molar-refractivity contribution in [3.63, 3.8) is 0 Å². The van der Waals surface area contributed by atoms with Crippen LogP contribution in [0.1, 0.15) is 11.8 Å². The lowest BCUT2D eigenvalue weighted by atomic mass is 10.2. The van der Waals surface area contributed by atoms with Crippen molar-refractivity contribution in [3.05, 3.63) is 52.8 Å². The Morgan fingerprint density at radius 3 is 2.86 bits per heavy atom. The van der Waals surface area contributed by atoms with Gasteiger partial charge in [-0.25, -0.2) is 0 Å².